The third kappa shape index (κ3) is 3.03. The summed E-state index contributed by atoms with van der Waals surface area (Å²) < 4.78 is 12.9. The van der Waals surface area contributed by atoms with E-state index in [0.717, 1.165) is 40.8 Å². The molecule has 1 aromatic heterocycles. The molecule has 0 spiro atoms. The molecular formula is C17H21N5O2. The Morgan fingerprint density at radius 1 is 1.17 bits per heavy atom. The topological polar surface area (TPSA) is 74.1 Å². The maximum atomic E-state index is 5.65. The Kier molecular flexibility index (Phi) is 4.90. The van der Waals surface area contributed by atoms with Crippen LogP contribution in [0.1, 0.15) is 18.0 Å². The van der Waals surface area contributed by atoms with E-state index in [1.807, 2.05) is 25.2 Å². The largest absolute Gasteiger partial charge is 0.496 e. The molecule has 7 nitrogen and oxygen atoms in total. The Labute approximate surface area is 140 Å². The normalized spacial score (nSPS) is 12.3. The summed E-state index contributed by atoms with van der Waals surface area (Å²) in [6.45, 7) is 0.837. The number of benzene rings is 2. The number of methoxy groups -OCH3 is 2. The first-order valence-electron chi connectivity index (χ1n) is 7.80. The van der Waals surface area contributed by atoms with Crippen LogP contribution in [-0.4, -0.2) is 48.0 Å². The van der Waals surface area contributed by atoms with Gasteiger partial charge in [0.1, 0.15) is 17.8 Å². The lowest BCUT2D eigenvalue weighted by Gasteiger charge is -2.20. The van der Waals surface area contributed by atoms with Gasteiger partial charge in [-0.15, -0.1) is 5.10 Å². The van der Waals surface area contributed by atoms with E-state index in [4.69, 9.17) is 9.47 Å². The van der Waals surface area contributed by atoms with Gasteiger partial charge in [0.05, 0.1) is 20.3 Å². The highest BCUT2D eigenvalue weighted by molar-refractivity contribution is 5.90. The number of fused-ring (bicyclic) bond motifs is 1. The quantitative estimate of drug-likeness (QED) is 0.716. The first-order valence-corrected chi connectivity index (χ1v) is 7.80. The van der Waals surface area contributed by atoms with E-state index in [1.54, 1.807) is 25.2 Å². The Hall–Kier alpha value is -2.67. The number of hydrogen-bond acceptors (Lipinski definition) is 6. The van der Waals surface area contributed by atoms with Gasteiger partial charge in [-0.25, -0.2) is 4.68 Å². The van der Waals surface area contributed by atoms with Gasteiger partial charge in [0.2, 0.25) is 0 Å². The van der Waals surface area contributed by atoms with E-state index in [2.05, 4.69) is 33.0 Å². The standard InChI is InChI=1S/C17H21N5O2/c1-18-8-7-15(22-11-19-20-21-22)14-9-12-5-4-6-16(23-2)13(12)10-17(14)24-3/h4-6,9-11,15,18H,7-8H2,1-3H3. The van der Waals surface area contributed by atoms with Crippen LogP contribution in [0.15, 0.2) is 36.7 Å². The molecule has 126 valence electrons. The monoisotopic (exact) mass is 327 g/mol. The van der Waals surface area contributed by atoms with Crippen LogP contribution in [0.5, 0.6) is 11.5 Å². The van der Waals surface area contributed by atoms with Crippen molar-refractivity contribution in [1.82, 2.24) is 25.5 Å². The van der Waals surface area contributed by atoms with Gasteiger partial charge in [0.25, 0.3) is 0 Å². The smallest absolute Gasteiger partial charge is 0.138 e. The molecule has 1 heterocycles. The van der Waals surface area contributed by atoms with Crippen LogP contribution >= 0.6 is 0 Å². The van der Waals surface area contributed by atoms with Gasteiger partial charge in [0, 0.05) is 10.9 Å². The van der Waals surface area contributed by atoms with Crippen LogP contribution in [0.4, 0.5) is 0 Å². The zero-order valence-electron chi connectivity index (χ0n) is 14.1. The number of ether oxygens (including phenoxy) is 2. The molecule has 1 unspecified atom stereocenters. The van der Waals surface area contributed by atoms with Crippen molar-refractivity contribution >= 4 is 10.8 Å². The highest BCUT2D eigenvalue weighted by Gasteiger charge is 2.20. The average molecular weight is 327 g/mol. The van der Waals surface area contributed by atoms with Gasteiger partial charge in [-0.1, -0.05) is 12.1 Å². The maximum Gasteiger partial charge on any atom is 0.138 e. The van der Waals surface area contributed by atoms with E-state index in [-0.39, 0.29) is 6.04 Å². The van der Waals surface area contributed by atoms with E-state index >= 15 is 0 Å². The molecule has 0 saturated heterocycles. The van der Waals surface area contributed by atoms with Crippen LogP contribution in [0.3, 0.4) is 0 Å². The maximum absolute atomic E-state index is 5.65. The highest BCUT2D eigenvalue weighted by atomic mass is 16.5. The number of nitrogens with zero attached hydrogens (tertiary/aromatic N) is 4. The Balaban J connectivity index is 2.15. The van der Waals surface area contributed by atoms with Gasteiger partial charge < -0.3 is 14.8 Å². The van der Waals surface area contributed by atoms with Crippen molar-refractivity contribution in [2.24, 2.45) is 0 Å². The van der Waals surface area contributed by atoms with Crippen molar-refractivity contribution in [3.8, 4) is 11.5 Å². The lowest BCUT2D eigenvalue weighted by molar-refractivity contribution is 0.390. The highest BCUT2D eigenvalue weighted by Crippen LogP contribution is 2.36. The summed E-state index contributed by atoms with van der Waals surface area (Å²) in [5, 5.41) is 16.9. The summed E-state index contributed by atoms with van der Waals surface area (Å²) in [6.07, 6.45) is 2.48. The molecule has 3 rings (SSSR count). The Bertz CT molecular complexity index is 804. The molecule has 0 bridgehead atoms. The molecule has 0 radical (unpaired) electrons. The third-order valence-electron chi connectivity index (χ3n) is 4.12. The molecular weight excluding hydrogens is 306 g/mol. The lowest BCUT2D eigenvalue weighted by Crippen LogP contribution is -2.19. The average Bonchev–Trinajstić information content (AvgIpc) is 3.15. The van der Waals surface area contributed by atoms with Crippen LogP contribution in [0, 0.1) is 0 Å². The summed E-state index contributed by atoms with van der Waals surface area (Å²) in [6, 6.07) is 10.1. The molecule has 0 fully saturated rings. The lowest BCUT2D eigenvalue weighted by atomic mass is 9.98. The SMILES string of the molecule is CNCCC(c1cc2cccc(OC)c2cc1OC)n1cnnn1. The fourth-order valence-electron chi connectivity index (χ4n) is 2.93. The Morgan fingerprint density at radius 3 is 2.67 bits per heavy atom. The van der Waals surface area contributed by atoms with Gasteiger partial charge in [-0.2, -0.15) is 0 Å². The summed E-state index contributed by atoms with van der Waals surface area (Å²) in [7, 11) is 5.28. The molecule has 3 aromatic rings. The molecule has 0 aliphatic carbocycles. The number of nitrogens with one attached hydrogen (secondary N) is 1. The van der Waals surface area contributed by atoms with Gasteiger partial charge in [-0.3, -0.25) is 0 Å². The molecule has 0 aliphatic rings. The second-order valence-electron chi connectivity index (χ2n) is 5.47. The van der Waals surface area contributed by atoms with E-state index in [9.17, 15) is 0 Å². The van der Waals surface area contributed by atoms with Gasteiger partial charge in [-0.05, 0) is 54.0 Å². The molecule has 0 aliphatic heterocycles. The molecule has 7 heteroatoms. The minimum atomic E-state index is -0.0157. The van der Waals surface area contributed by atoms with Crippen molar-refractivity contribution in [3.63, 3.8) is 0 Å². The van der Waals surface area contributed by atoms with Crippen molar-refractivity contribution in [2.75, 3.05) is 27.8 Å². The first-order chi connectivity index (χ1) is 11.8. The van der Waals surface area contributed by atoms with Crippen molar-refractivity contribution in [1.29, 1.82) is 0 Å². The predicted molar refractivity (Wildman–Crippen MR) is 91.6 cm³/mol. The number of rotatable bonds is 7. The molecule has 24 heavy (non-hydrogen) atoms. The van der Waals surface area contributed by atoms with Crippen LogP contribution in [-0.2, 0) is 0 Å². The van der Waals surface area contributed by atoms with Gasteiger partial charge in [0.15, 0.2) is 0 Å². The zero-order valence-corrected chi connectivity index (χ0v) is 14.1. The van der Waals surface area contributed by atoms with E-state index in [0.29, 0.717) is 0 Å². The first kappa shape index (κ1) is 16.2. The van der Waals surface area contributed by atoms with Crippen molar-refractivity contribution in [3.05, 3.63) is 42.2 Å². The fourth-order valence-corrected chi connectivity index (χ4v) is 2.93. The fraction of sp³-hybridized carbons (Fsp3) is 0.353. The minimum Gasteiger partial charge on any atom is -0.496 e. The molecule has 1 atom stereocenters. The summed E-state index contributed by atoms with van der Waals surface area (Å²) in [5.41, 5.74) is 1.04. The summed E-state index contributed by atoms with van der Waals surface area (Å²) in [4.78, 5) is 0. The zero-order chi connectivity index (χ0) is 16.9. The Morgan fingerprint density at radius 2 is 2.00 bits per heavy atom. The van der Waals surface area contributed by atoms with Crippen LogP contribution < -0.4 is 14.8 Å². The second kappa shape index (κ2) is 7.27. The van der Waals surface area contributed by atoms with E-state index in [1.165, 1.54) is 0 Å². The van der Waals surface area contributed by atoms with Crippen molar-refractivity contribution < 1.29 is 9.47 Å². The molecule has 2 aromatic carbocycles. The molecule has 0 amide bonds. The summed E-state index contributed by atoms with van der Waals surface area (Å²) in [5.74, 6) is 1.62. The second-order valence-corrected chi connectivity index (χ2v) is 5.47. The molecule has 1 N–H and O–H groups in total. The molecule has 0 saturated carbocycles. The minimum absolute atomic E-state index is 0.0157. The predicted octanol–water partition coefficient (Wildman–Crippen LogP) is 2.04. The van der Waals surface area contributed by atoms with E-state index < -0.39 is 0 Å². The third-order valence-corrected chi connectivity index (χ3v) is 4.12. The number of tetrazole rings is 1. The van der Waals surface area contributed by atoms with Gasteiger partial charge >= 0.3 is 0 Å². The van der Waals surface area contributed by atoms with Crippen LogP contribution in [0.25, 0.3) is 10.8 Å². The number of aromatic nitrogens is 4. The summed E-state index contributed by atoms with van der Waals surface area (Å²) >= 11 is 0. The van der Waals surface area contributed by atoms with Crippen LogP contribution in [0.2, 0.25) is 0 Å². The number of hydrogen-bond donors (Lipinski definition) is 1. The van der Waals surface area contributed by atoms with Crippen molar-refractivity contribution in [2.45, 2.75) is 12.5 Å².